The first-order valence-electron chi connectivity index (χ1n) is 9.03. The Hall–Kier alpha value is -2.69. The number of rotatable bonds is 5. The fraction of sp³-hybridized carbons (Fsp3) is 0.381. The minimum Gasteiger partial charge on any atom is -0.493 e. The van der Waals surface area contributed by atoms with Gasteiger partial charge < -0.3 is 19.5 Å². The van der Waals surface area contributed by atoms with Crippen LogP contribution >= 0.6 is 0 Å². The van der Waals surface area contributed by atoms with Crippen LogP contribution < -0.4 is 19.5 Å². The third-order valence-electron chi connectivity index (χ3n) is 5.37. The fourth-order valence-electron chi connectivity index (χ4n) is 3.72. The van der Waals surface area contributed by atoms with Crippen molar-refractivity contribution < 1.29 is 19.0 Å². The van der Waals surface area contributed by atoms with Gasteiger partial charge in [-0.25, -0.2) is 0 Å². The third-order valence-corrected chi connectivity index (χ3v) is 5.37. The second-order valence-electron chi connectivity index (χ2n) is 6.89. The number of ether oxygens (including phenoxy) is 3. The Morgan fingerprint density at radius 2 is 1.92 bits per heavy atom. The van der Waals surface area contributed by atoms with Crippen LogP contribution in [0.25, 0.3) is 0 Å². The first kappa shape index (κ1) is 16.8. The van der Waals surface area contributed by atoms with Gasteiger partial charge in [-0.1, -0.05) is 36.8 Å². The van der Waals surface area contributed by atoms with Crippen LogP contribution in [0.15, 0.2) is 42.5 Å². The molecule has 0 atom stereocenters. The molecule has 5 nitrogen and oxygen atoms in total. The minimum absolute atomic E-state index is 0.0504. The van der Waals surface area contributed by atoms with Crippen molar-refractivity contribution in [1.82, 2.24) is 5.32 Å². The molecule has 0 bridgehead atoms. The van der Waals surface area contributed by atoms with E-state index in [4.69, 9.17) is 14.2 Å². The second-order valence-corrected chi connectivity index (χ2v) is 6.89. The number of hydrogen-bond donors (Lipinski definition) is 1. The molecule has 1 aliphatic heterocycles. The molecular formula is C21H23NO4. The molecule has 2 aromatic rings. The summed E-state index contributed by atoms with van der Waals surface area (Å²) in [5.74, 6) is 1.52. The standard InChI is InChI=1S/C21H23NO4/c1-24-17-12-15(13-18-19(17)26-11-10-25-18)20(23)22-14-21(8-5-9-21)16-6-3-2-4-7-16/h2-4,6-7,12-13H,5,8-11,14H2,1H3,(H,22,23). The summed E-state index contributed by atoms with van der Waals surface area (Å²) in [7, 11) is 1.56. The SMILES string of the molecule is COc1cc(C(=O)NCC2(c3ccccc3)CCC2)cc2c1OCCO2. The van der Waals surface area contributed by atoms with E-state index >= 15 is 0 Å². The molecule has 0 saturated heterocycles. The molecule has 1 N–H and O–H groups in total. The van der Waals surface area contributed by atoms with Gasteiger partial charge in [0, 0.05) is 17.5 Å². The first-order valence-corrected chi connectivity index (χ1v) is 9.03. The van der Waals surface area contributed by atoms with E-state index < -0.39 is 0 Å². The van der Waals surface area contributed by atoms with Gasteiger partial charge in [-0.3, -0.25) is 4.79 Å². The van der Waals surface area contributed by atoms with Gasteiger partial charge in [-0.15, -0.1) is 0 Å². The summed E-state index contributed by atoms with van der Waals surface area (Å²) in [5.41, 5.74) is 1.87. The molecule has 1 amide bonds. The molecule has 0 aromatic heterocycles. The number of amides is 1. The van der Waals surface area contributed by atoms with Gasteiger partial charge in [0.1, 0.15) is 13.2 Å². The molecule has 0 unspecified atom stereocenters. The van der Waals surface area contributed by atoms with E-state index in [1.54, 1.807) is 19.2 Å². The Labute approximate surface area is 153 Å². The van der Waals surface area contributed by atoms with Crippen molar-refractivity contribution in [2.24, 2.45) is 0 Å². The monoisotopic (exact) mass is 353 g/mol. The van der Waals surface area contributed by atoms with Gasteiger partial charge in [0.05, 0.1) is 7.11 Å². The topological polar surface area (TPSA) is 56.8 Å². The zero-order valence-electron chi connectivity index (χ0n) is 14.9. The molecular weight excluding hydrogens is 330 g/mol. The third kappa shape index (κ3) is 2.98. The van der Waals surface area contributed by atoms with Crippen LogP contribution in [0.3, 0.4) is 0 Å². The van der Waals surface area contributed by atoms with Crippen LogP contribution in [0, 0.1) is 0 Å². The van der Waals surface area contributed by atoms with Crippen LogP contribution in [-0.4, -0.2) is 32.8 Å². The maximum atomic E-state index is 12.8. The number of carbonyl (C=O) groups is 1. The van der Waals surface area contributed by atoms with Crippen LogP contribution in [0.5, 0.6) is 17.2 Å². The highest BCUT2D eigenvalue weighted by Crippen LogP contribution is 2.43. The minimum atomic E-state index is -0.123. The van der Waals surface area contributed by atoms with Gasteiger partial charge in [-0.05, 0) is 30.5 Å². The molecule has 136 valence electrons. The van der Waals surface area contributed by atoms with Crippen LogP contribution in [0.4, 0.5) is 0 Å². The van der Waals surface area contributed by atoms with Crippen LogP contribution in [0.1, 0.15) is 35.2 Å². The van der Waals surface area contributed by atoms with E-state index in [1.165, 1.54) is 12.0 Å². The maximum Gasteiger partial charge on any atom is 0.251 e. The fourth-order valence-corrected chi connectivity index (χ4v) is 3.72. The van der Waals surface area contributed by atoms with Crippen molar-refractivity contribution in [3.63, 3.8) is 0 Å². The van der Waals surface area contributed by atoms with Crippen molar-refractivity contribution >= 4 is 5.91 Å². The lowest BCUT2D eigenvalue weighted by molar-refractivity contribution is 0.0926. The van der Waals surface area contributed by atoms with Gasteiger partial charge in [0.25, 0.3) is 5.91 Å². The molecule has 0 spiro atoms. The summed E-state index contributed by atoms with van der Waals surface area (Å²) in [6, 6.07) is 13.9. The van der Waals surface area contributed by atoms with Crippen molar-refractivity contribution in [3.05, 3.63) is 53.6 Å². The molecule has 1 saturated carbocycles. The van der Waals surface area contributed by atoms with E-state index in [-0.39, 0.29) is 11.3 Å². The summed E-state index contributed by atoms with van der Waals surface area (Å²) in [4.78, 5) is 12.8. The van der Waals surface area contributed by atoms with Crippen LogP contribution in [0.2, 0.25) is 0 Å². The Morgan fingerprint density at radius 3 is 2.62 bits per heavy atom. The number of fused-ring (bicyclic) bond motifs is 1. The van der Waals surface area contributed by atoms with E-state index in [9.17, 15) is 4.79 Å². The molecule has 26 heavy (non-hydrogen) atoms. The number of carbonyl (C=O) groups excluding carboxylic acids is 1. The van der Waals surface area contributed by atoms with E-state index in [2.05, 4.69) is 29.6 Å². The highest BCUT2D eigenvalue weighted by Gasteiger charge is 2.38. The van der Waals surface area contributed by atoms with E-state index in [0.29, 0.717) is 42.6 Å². The van der Waals surface area contributed by atoms with Gasteiger partial charge in [0.2, 0.25) is 5.75 Å². The molecule has 4 rings (SSSR count). The smallest absolute Gasteiger partial charge is 0.251 e. The highest BCUT2D eigenvalue weighted by atomic mass is 16.6. The Kier molecular flexibility index (Phi) is 4.45. The lowest BCUT2D eigenvalue weighted by Crippen LogP contribution is -2.45. The molecule has 2 aliphatic rings. The molecule has 5 heteroatoms. The predicted octanol–water partition coefficient (Wildman–Crippen LogP) is 3.32. The van der Waals surface area contributed by atoms with Crippen molar-refractivity contribution in [2.75, 3.05) is 26.9 Å². The second kappa shape index (κ2) is 6.90. The number of nitrogens with one attached hydrogen (secondary N) is 1. The molecule has 1 heterocycles. The summed E-state index contributed by atoms with van der Waals surface area (Å²) in [5, 5.41) is 3.11. The Morgan fingerprint density at radius 1 is 1.15 bits per heavy atom. The lowest BCUT2D eigenvalue weighted by Gasteiger charge is -2.42. The Bertz CT molecular complexity index is 782. The van der Waals surface area contributed by atoms with Gasteiger partial charge in [-0.2, -0.15) is 0 Å². The highest BCUT2D eigenvalue weighted by molar-refractivity contribution is 5.95. The van der Waals surface area contributed by atoms with E-state index in [0.717, 1.165) is 12.8 Å². The average molecular weight is 353 g/mol. The largest absolute Gasteiger partial charge is 0.493 e. The summed E-state index contributed by atoms with van der Waals surface area (Å²) in [6.45, 7) is 1.58. The molecule has 2 aromatic carbocycles. The number of benzene rings is 2. The first-order chi connectivity index (χ1) is 12.7. The molecule has 0 radical (unpaired) electrons. The molecule has 1 aliphatic carbocycles. The number of methoxy groups -OCH3 is 1. The number of hydrogen-bond acceptors (Lipinski definition) is 4. The summed E-state index contributed by atoms with van der Waals surface area (Å²) >= 11 is 0. The average Bonchev–Trinajstić information content (AvgIpc) is 2.67. The molecule has 1 fully saturated rings. The zero-order chi connectivity index (χ0) is 18.0. The maximum absolute atomic E-state index is 12.8. The lowest BCUT2D eigenvalue weighted by atomic mass is 9.64. The Balaban J connectivity index is 1.52. The zero-order valence-corrected chi connectivity index (χ0v) is 14.9. The van der Waals surface area contributed by atoms with E-state index in [1.807, 2.05) is 6.07 Å². The summed E-state index contributed by atoms with van der Waals surface area (Å²) < 4.78 is 16.6. The quantitative estimate of drug-likeness (QED) is 0.896. The normalized spacial score (nSPS) is 17.1. The van der Waals surface area contributed by atoms with Crippen LogP contribution in [-0.2, 0) is 5.41 Å². The van der Waals surface area contributed by atoms with Crippen molar-refractivity contribution in [3.8, 4) is 17.2 Å². The predicted molar refractivity (Wildman–Crippen MR) is 98.3 cm³/mol. The summed E-state index contributed by atoms with van der Waals surface area (Å²) in [6.07, 6.45) is 3.39. The van der Waals surface area contributed by atoms with Crippen molar-refractivity contribution in [1.29, 1.82) is 0 Å². The van der Waals surface area contributed by atoms with Gasteiger partial charge >= 0.3 is 0 Å². The van der Waals surface area contributed by atoms with Crippen molar-refractivity contribution in [2.45, 2.75) is 24.7 Å². The van der Waals surface area contributed by atoms with Gasteiger partial charge in [0.15, 0.2) is 11.5 Å².